The van der Waals surface area contributed by atoms with Crippen molar-refractivity contribution in [2.24, 2.45) is 5.41 Å². The highest BCUT2D eigenvalue weighted by molar-refractivity contribution is 9.10. The van der Waals surface area contributed by atoms with E-state index in [0.29, 0.717) is 6.04 Å². The summed E-state index contributed by atoms with van der Waals surface area (Å²) in [6.45, 7) is 15.3. The normalized spacial score (nSPS) is 13.8. The Morgan fingerprint density at radius 2 is 2.00 bits per heavy atom. The average molecular weight is 330 g/mol. The van der Waals surface area contributed by atoms with Crippen molar-refractivity contribution in [1.82, 2.24) is 15.1 Å². The van der Waals surface area contributed by atoms with Gasteiger partial charge in [0.2, 0.25) is 0 Å². The lowest BCUT2D eigenvalue weighted by molar-refractivity contribution is 0.281. The highest BCUT2D eigenvalue weighted by atomic mass is 79.9. The first-order valence-corrected chi connectivity index (χ1v) is 8.05. The van der Waals surface area contributed by atoms with Gasteiger partial charge in [-0.2, -0.15) is 5.10 Å². The van der Waals surface area contributed by atoms with E-state index in [-0.39, 0.29) is 5.41 Å². The maximum Gasteiger partial charge on any atom is 0.0738 e. The zero-order valence-electron chi connectivity index (χ0n) is 13.2. The van der Waals surface area contributed by atoms with Gasteiger partial charge in [-0.1, -0.05) is 20.8 Å². The molecule has 0 saturated carbocycles. The SMILES string of the molecule is CCNC(C)CC(C)(C)Cc1c(Br)c(C)nn1CC. The van der Waals surface area contributed by atoms with Crippen LogP contribution in [-0.2, 0) is 13.0 Å². The number of aromatic nitrogens is 2. The van der Waals surface area contributed by atoms with Gasteiger partial charge in [0, 0.05) is 12.6 Å². The van der Waals surface area contributed by atoms with Gasteiger partial charge in [0.05, 0.1) is 15.9 Å². The largest absolute Gasteiger partial charge is 0.315 e. The maximum absolute atomic E-state index is 4.58. The van der Waals surface area contributed by atoms with Crippen LogP contribution in [0.1, 0.15) is 52.4 Å². The molecule has 0 aliphatic carbocycles. The molecule has 1 aromatic rings. The zero-order chi connectivity index (χ0) is 14.6. The fraction of sp³-hybridized carbons (Fsp3) is 0.800. The van der Waals surface area contributed by atoms with Crippen LogP contribution < -0.4 is 5.32 Å². The van der Waals surface area contributed by atoms with Crippen LogP contribution in [0.15, 0.2) is 4.47 Å². The highest BCUT2D eigenvalue weighted by Gasteiger charge is 2.25. The second kappa shape index (κ2) is 6.89. The van der Waals surface area contributed by atoms with Crippen LogP contribution in [-0.4, -0.2) is 22.4 Å². The lowest BCUT2D eigenvalue weighted by Gasteiger charge is -2.29. The number of hydrogen-bond donors (Lipinski definition) is 1. The Morgan fingerprint density at radius 1 is 1.37 bits per heavy atom. The van der Waals surface area contributed by atoms with Gasteiger partial charge in [0.1, 0.15) is 0 Å². The maximum atomic E-state index is 4.58. The summed E-state index contributed by atoms with van der Waals surface area (Å²) in [7, 11) is 0. The molecular formula is C15H28BrN3. The lowest BCUT2D eigenvalue weighted by atomic mass is 9.81. The van der Waals surface area contributed by atoms with E-state index in [0.717, 1.165) is 25.2 Å². The van der Waals surface area contributed by atoms with Crippen LogP contribution in [0.25, 0.3) is 0 Å². The predicted molar refractivity (Wildman–Crippen MR) is 85.6 cm³/mol. The Balaban J connectivity index is 2.82. The molecule has 0 aliphatic rings. The molecule has 0 aromatic carbocycles. The fourth-order valence-electron chi connectivity index (χ4n) is 2.81. The van der Waals surface area contributed by atoms with Crippen molar-refractivity contribution in [1.29, 1.82) is 0 Å². The summed E-state index contributed by atoms with van der Waals surface area (Å²) < 4.78 is 3.30. The van der Waals surface area contributed by atoms with Gasteiger partial charge in [-0.15, -0.1) is 0 Å². The number of rotatable bonds is 7. The Kier molecular flexibility index (Phi) is 6.06. The molecule has 1 rings (SSSR count). The minimum absolute atomic E-state index is 0.267. The number of aryl methyl sites for hydroxylation is 2. The molecule has 1 N–H and O–H groups in total. The Hall–Kier alpha value is -0.350. The lowest BCUT2D eigenvalue weighted by Crippen LogP contribution is -2.32. The van der Waals surface area contributed by atoms with E-state index in [1.54, 1.807) is 0 Å². The van der Waals surface area contributed by atoms with Crippen LogP contribution in [0.2, 0.25) is 0 Å². The summed E-state index contributed by atoms with van der Waals surface area (Å²) in [5.41, 5.74) is 2.69. The molecule has 0 fully saturated rings. The van der Waals surface area contributed by atoms with E-state index in [1.165, 1.54) is 16.6 Å². The van der Waals surface area contributed by atoms with Gasteiger partial charge in [0.25, 0.3) is 0 Å². The number of nitrogens with zero attached hydrogens (tertiary/aromatic N) is 2. The summed E-state index contributed by atoms with van der Waals surface area (Å²) in [6.07, 6.45) is 2.22. The van der Waals surface area contributed by atoms with Crippen molar-refractivity contribution < 1.29 is 0 Å². The van der Waals surface area contributed by atoms with Crippen LogP contribution in [0, 0.1) is 12.3 Å². The molecule has 19 heavy (non-hydrogen) atoms. The van der Waals surface area contributed by atoms with E-state index < -0.39 is 0 Å². The van der Waals surface area contributed by atoms with Crippen molar-refractivity contribution in [3.8, 4) is 0 Å². The summed E-state index contributed by atoms with van der Waals surface area (Å²) in [5.74, 6) is 0. The summed E-state index contributed by atoms with van der Waals surface area (Å²) in [4.78, 5) is 0. The van der Waals surface area contributed by atoms with Crippen LogP contribution in [0.3, 0.4) is 0 Å². The van der Waals surface area contributed by atoms with Gasteiger partial charge in [-0.25, -0.2) is 0 Å². The molecule has 0 radical (unpaired) electrons. The van der Waals surface area contributed by atoms with E-state index in [1.807, 2.05) is 0 Å². The van der Waals surface area contributed by atoms with E-state index in [9.17, 15) is 0 Å². The van der Waals surface area contributed by atoms with Crippen LogP contribution in [0.5, 0.6) is 0 Å². The van der Waals surface area contributed by atoms with E-state index in [2.05, 4.69) is 72.6 Å². The second-order valence-electron chi connectivity index (χ2n) is 6.17. The van der Waals surface area contributed by atoms with Crippen LogP contribution in [0.4, 0.5) is 0 Å². The molecule has 1 unspecified atom stereocenters. The van der Waals surface area contributed by atoms with Gasteiger partial charge in [-0.05, 0) is 61.5 Å². The molecule has 1 aromatic heterocycles. The Labute approximate surface area is 126 Å². The molecule has 0 spiro atoms. The van der Waals surface area contributed by atoms with Crippen molar-refractivity contribution in [2.45, 2.75) is 67.0 Å². The monoisotopic (exact) mass is 329 g/mol. The van der Waals surface area contributed by atoms with Gasteiger partial charge < -0.3 is 5.32 Å². The standard InChI is InChI=1S/C15H28BrN3/c1-7-17-11(3)9-15(5,6)10-13-14(16)12(4)18-19(13)8-2/h11,17H,7-10H2,1-6H3. The molecule has 0 amide bonds. The van der Waals surface area contributed by atoms with E-state index >= 15 is 0 Å². The van der Waals surface area contributed by atoms with Gasteiger partial charge >= 0.3 is 0 Å². The van der Waals surface area contributed by atoms with Crippen molar-refractivity contribution in [2.75, 3.05) is 6.54 Å². The van der Waals surface area contributed by atoms with Crippen molar-refractivity contribution >= 4 is 15.9 Å². The number of halogens is 1. The van der Waals surface area contributed by atoms with E-state index in [4.69, 9.17) is 0 Å². The third kappa shape index (κ3) is 4.60. The molecule has 0 aliphatic heterocycles. The molecule has 0 bridgehead atoms. The zero-order valence-corrected chi connectivity index (χ0v) is 14.8. The number of nitrogens with one attached hydrogen (secondary N) is 1. The molecule has 110 valence electrons. The quantitative estimate of drug-likeness (QED) is 0.821. The predicted octanol–water partition coefficient (Wildman–Crippen LogP) is 3.93. The summed E-state index contributed by atoms with van der Waals surface area (Å²) in [6, 6.07) is 0.554. The smallest absolute Gasteiger partial charge is 0.0738 e. The van der Waals surface area contributed by atoms with Gasteiger partial charge in [0.15, 0.2) is 0 Å². The Morgan fingerprint density at radius 3 is 2.53 bits per heavy atom. The topological polar surface area (TPSA) is 29.9 Å². The summed E-state index contributed by atoms with van der Waals surface area (Å²) >= 11 is 3.69. The molecule has 4 heteroatoms. The third-order valence-corrected chi connectivity index (χ3v) is 4.54. The minimum Gasteiger partial charge on any atom is -0.315 e. The molecule has 3 nitrogen and oxygen atoms in total. The molecule has 1 atom stereocenters. The van der Waals surface area contributed by atoms with Crippen LogP contribution >= 0.6 is 15.9 Å². The molecular weight excluding hydrogens is 302 g/mol. The minimum atomic E-state index is 0.267. The van der Waals surface area contributed by atoms with Crippen molar-refractivity contribution in [3.05, 3.63) is 15.9 Å². The third-order valence-electron chi connectivity index (χ3n) is 3.51. The molecule has 0 saturated heterocycles. The van der Waals surface area contributed by atoms with Gasteiger partial charge in [-0.3, -0.25) is 4.68 Å². The summed E-state index contributed by atoms with van der Waals surface area (Å²) in [5, 5.41) is 8.08. The second-order valence-corrected chi connectivity index (χ2v) is 6.96. The number of hydrogen-bond acceptors (Lipinski definition) is 2. The first-order chi connectivity index (χ1) is 8.80. The fourth-order valence-corrected chi connectivity index (χ4v) is 3.24. The first-order valence-electron chi connectivity index (χ1n) is 7.26. The first kappa shape index (κ1) is 16.7. The van der Waals surface area contributed by atoms with Crippen molar-refractivity contribution in [3.63, 3.8) is 0 Å². The molecule has 1 heterocycles. The highest BCUT2D eigenvalue weighted by Crippen LogP contribution is 2.32. The Bertz CT molecular complexity index is 410. The average Bonchev–Trinajstić information content (AvgIpc) is 2.55.